The van der Waals surface area contributed by atoms with Crippen molar-refractivity contribution in [1.82, 2.24) is 9.97 Å². The lowest BCUT2D eigenvalue weighted by molar-refractivity contribution is 1.17. The van der Waals surface area contributed by atoms with E-state index in [0.29, 0.717) is 22.3 Å². The number of hydrogen-bond donors (Lipinski definition) is 3. The smallest absolute Gasteiger partial charge is 0.159 e. The molecule has 0 spiro atoms. The van der Waals surface area contributed by atoms with Gasteiger partial charge in [-0.1, -0.05) is 11.6 Å². The summed E-state index contributed by atoms with van der Waals surface area (Å²) in [6, 6.07) is 13.6. The molecule has 0 fully saturated rings. The van der Waals surface area contributed by atoms with Crippen LogP contribution in [0.25, 0.3) is 0 Å². The van der Waals surface area contributed by atoms with Crippen molar-refractivity contribution in [2.45, 2.75) is 6.92 Å². The molecule has 1 heterocycles. The highest BCUT2D eigenvalue weighted by atomic mass is 127. The predicted octanol–water partition coefficient (Wildman–Crippen LogP) is 5.11. The van der Waals surface area contributed by atoms with E-state index in [-0.39, 0.29) is 0 Å². The van der Waals surface area contributed by atoms with Crippen LogP contribution in [-0.4, -0.2) is 9.97 Å². The molecule has 0 aliphatic rings. The molecule has 0 amide bonds. The molecule has 3 aromatic rings. The number of hydrogen-bond acceptors (Lipinski definition) is 5. The Bertz CT molecular complexity index is 867. The Labute approximate surface area is 158 Å². The van der Waals surface area contributed by atoms with Crippen molar-refractivity contribution < 1.29 is 0 Å². The van der Waals surface area contributed by atoms with Crippen LogP contribution in [0.3, 0.4) is 0 Å². The van der Waals surface area contributed by atoms with Crippen LogP contribution in [0.4, 0.5) is 28.7 Å². The summed E-state index contributed by atoms with van der Waals surface area (Å²) < 4.78 is 1.16. The van der Waals surface area contributed by atoms with Crippen LogP contribution in [0.15, 0.2) is 48.8 Å². The summed E-state index contributed by atoms with van der Waals surface area (Å²) in [4.78, 5) is 8.46. The van der Waals surface area contributed by atoms with E-state index in [1.807, 2.05) is 49.4 Å². The van der Waals surface area contributed by atoms with Gasteiger partial charge in [-0.25, -0.2) is 9.97 Å². The van der Waals surface area contributed by atoms with Crippen molar-refractivity contribution in [3.05, 3.63) is 62.9 Å². The molecule has 7 heteroatoms. The first kappa shape index (κ1) is 16.8. The fraction of sp³-hybridized carbons (Fsp3) is 0.0588. The van der Waals surface area contributed by atoms with Crippen LogP contribution < -0.4 is 16.4 Å². The summed E-state index contributed by atoms with van der Waals surface area (Å²) in [6.45, 7) is 1.97. The number of aromatic nitrogens is 2. The zero-order chi connectivity index (χ0) is 17.1. The summed E-state index contributed by atoms with van der Waals surface area (Å²) >= 11 is 8.25. The summed E-state index contributed by atoms with van der Waals surface area (Å²) in [6.07, 6.45) is 1.47. The highest BCUT2D eigenvalue weighted by Crippen LogP contribution is 2.30. The maximum Gasteiger partial charge on any atom is 0.159 e. The SMILES string of the molecule is Cc1cc(Cl)ccc1Nc1ncnc(Nc2ccc(I)cc2)c1N. The Morgan fingerprint density at radius 1 is 1.00 bits per heavy atom. The van der Waals surface area contributed by atoms with Crippen LogP contribution >= 0.6 is 34.2 Å². The standard InChI is InChI=1S/C17H15ClIN5/c1-10-8-11(18)2-7-14(10)24-17-15(20)16(21-9-22-17)23-13-5-3-12(19)4-6-13/h2-9H,20H2,1H3,(H2,21,22,23,24). The predicted molar refractivity (Wildman–Crippen MR) is 108 cm³/mol. The second-order valence-corrected chi connectivity index (χ2v) is 6.88. The monoisotopic (exact) mass is 451 g/mol. The minimum Gasteiger partial charge on any atom is -0.393 e. The van der Waals surface area contributed by atoms with Crippen molar-refractivity contribution in [2.24, 2.45) is 0 Å². The average Bonchev–Trinajstić information content (AvgIpc) is 2.55. The highest BCUT2D eigenvalue weighted by Gasteiger charge is 2.10. The fourth-order valence-electron chi connectivity index (χ4n) is 2.16. The molecule has 3 rings (SSSR count). The third-order valence-electron chi connectivity index (χ3n) is 3.43. The highest BCUT2D eigenvalue weighted by molar-refractivity contribution is 14.1. The number of nitrogens with zero attached hydrogens (tertiary/aromatic N) is 2. The van der Waals surface area contributed by atoms with Gasteiger partial charge < -0.3 is 16.4 Å². The number of anilines is 5. The maximum absolute atomic E-state index is 6.21. The number of aryl methyl sites for hydroxylation is 1. The molecule has 0 saturated carbocycles. The second-order valence-electron chi connectivity index (χ2n) is 5.20. The summed E-state index contributed by atoms with van der Waals surface area (Å²) in [7, 11) is 0. The maximum atomic E-state index is 6.21. The molecule has 122 valence electrons. The second kappa shape index (κ2) is 7.23. The summed E-state index contributed by atoms with van der Waals surface area (Å²) in [5.74, 6) is 1.10. The number of nitrogens with two attached hydrogens (primary N) is 1. The number of rotatable bonds is 4. The molecular weight excluding hydrogens is 437 g/mol. The molecule has 4 N–H and O–H groups in total. The molecule has 0 aliphatic heterocycles. The molecule has 0 bridgehead atoms. The topological polar surface area (TPSA) is 75.9 Å². The van der Waals surface area contributed by atoms with Gasteiger partial charge in [-0.2, -0.15) is 0 Å². The average molecular weight is 452 g/mol. The first-order valence-electron chi connectivity index (χ1n) is 7.19. The first-order chi connectivity index (χ1) is 11.5. The minimum absolute atomic E-state index is 0.449. The first-order valence-corrected chi connectivity index (χ1v) is 8.65. The number of nitrogen functional groups attached to an aromatic ring is 1. The van der Waals surface area contributed by atoms with Crippen LogP contribution in [0.5, 0.6) is 0 Å². The third kappa shape index (κ3) is 3.88. The van der Waals surface area contributed by atoms with E-state index in [0.717, 1.165) is 20.5 Å². The lowest BCUT2D eigenvalue weighted by atomic mass is 10.2. The molecule has 24 heavy (non-hydrogen) atoms. The van der Waals surface area contributed by atoms with E-state index in [2.05, 4.69) is 43.2 Å². The van der Waals surface area contributed by atoms with Crippen molar-refractivity contribution in [3.63, 3.8) is 0 Å². The van der Waals surface area contributed by atoms with Gasteiger partial charge in [0.2, 0.25) is 0 Å². The fourth-order valence-corrected chi connectivity index (χ4v) is 2.75. The number of nitrogens with one attached hydrogen (secondary N) is 2. The molecule has 0 saturated heterocycles. The van der Waals surface area contributed by atoms with Gasteiger partial charge in [-0.05, 0) is 77.5 Å². The van der Waals surface area contributed by atoms with Gasteiger partial charge in [0.25, 0.3) is 0 Å². The minimum atomic E-state index is 0.449. The van der Waals surface area contributed by atoms with Crippen LogP contribution in [0.1, 0.15) is 5.56 Å². The molecule has 5 nitrogen and oxygen atoms in total. The summed E-state index contributed by atoms with van der Waals surface area (Å²) in [5, 5.41) is 7.13. The van der Waals surface area contributed by atoms with Crippen LogP contribution in [-0.2, 0) is 0 Å². The third-order valence-corrected chi connectivity index (χ3v) is 4.39. The lowest BCUT2D eigenvalue weighted by Crippen LogP contribution is -2.05. The van der Waals surface area contributed by atoms with E-state index >= 15 is 0 Å². The normalized spacial score (nSPS) is 10.5. The molecule has 0 radical (unpaired) electrons. The van der Waals surface area contributed by atoms with Gasteiger partial charge in [0.1, 0.15) is 12.0 Å². The van der Waals surface area contributed by atoms with Gasteiger partial charge in [0, 0.05) is 20.0 Å². The molecule has 0 aliphatic carbocycles. The van der Waals surface area contributed by atoms with E-state index in [9.17, 15) is 0 Å². The van der Waals surface area contributed by atoms with Crippen molar-refractivity contribution >= 4 is 62.9 Å². The molecule has 0 atom stereocenters. The number of halogens is 2. The molecular formula is C17H15ClIN5. The Morgan fingerprint density at radius 3 is 2.33 bits per heavy atom. The van der Waals surface area contributed by atoms with E-state index in [4.69, 9.17) is 17.3 Å². The van der Waals surface area contributed by atoms with Gasteiger partial charge in [0.15, 0.2) is 11.6 Å². The Hall–Kier alpha value is -2.06. The van der Waals surface area contributed by atoms with Gasteiger partial charge in [-0.15, -0.1) is 0 Å². The van der Waals surface area contributed by atoms with Crippen molar-refractivity contribution in [2.75, 3.05) is 16.4 Å². The lowest BCUT2D eigenvalue weighted by Gasteiger charge is -2.14. The zero-order valence-electron chi connectivity index (χ0n) is 12.8. The molecule has 2 aromatic carbocycles. The van der Waals surface area contributed by atoms with E-state index in [1.165, 1.54) is 6.33 Å². The summed E-state index contributed by atoms with van der Waals surface area (Å²) in [5.41, 5.74) is 9.47. The van der Waals surface area contributed by atoms with Crippen LogP contribution in [0, 0.1) is 10.5 Å². The Balaban J connectivity index is 1.86. The van der Waals surface area contributed by atoms with Gasteiger partial charge in [0.05, 0.1) is 0 Å². The van der Waals surface area contributed by atoms with E-state index in [1.54, 1.807) is 0 Å². The van der Waals surface area contributed by atoms with Crippen LogP contribution in [0.2, 0.25) is 5.02 Å². The van der Waals surface area contributed by atoms with Gasteiger partial charge >= 0.3 is 0 Å². The van der Waals surface area contributed by atoms with E-state index < -0.39 is 0 Å². The number of benzene rings is 2. The largest absolute Gasteiger partial charge is 0.393 e. The molecule has 0 unspecified atom stereocenters. The molecule has 1 aromatic heterocycles. The Morgan fingerprint density at radius 2 is 1.67 bits per heavy atom. The van der Waals surface area contributed by atoms with Crippen molar-refractivity contribution in [3.8, 4) is 0 Å². The van der Waals surface area contributed by atoms with Gasteiger partial charge in [-0.3, -0.25) is 0 Å². The van der Waals surface area contributed by atoms with Crippen molar-refractivity contribution in [1.29, 1.82) is 0 Å². The quantitative estimate of drug-likeness (QED) is 0.481. The zero-order valence-corrected chi connectivity index (χ0v) is 15.8. The Kier molecular flexibility index (Phi) is 5.06.